The van der Waals surface area contributed by atoms with E-state index in [2.05, 4.69) is 0 Å². The first-order valence-corrected chi connectivity index (χ1v) is 10.9. The van der Waals surface area contributed by atoms with Gasteiger partial charge in [-0.2, -0.15) is 4.39 Å². The Morgan fingerprint density at radius 3 is 1.88 bits per heavy atom. The summed E-state index contributed by atoms with van der Waals surface area (Å²) in [5, 5.41) is 9.32. The van der Waals surface area contributed by atoms with Gasteiger partial charge >= 0.3 is 0 Å². The zero-order valence-corrected chi connectivity index (χ0v) is 17.6. The van der Waals surface area contributed by atoms with Crippen LogP contribution in [0.3, 0.4) is 0 Å². The molecular weight excluding hydrogens is 439 g/mol. The molecule has 7 heteroatoms. The van der Waals surface area contributed by atoms with Crippen LogP contribution in [0, 0.1) is 29.1 Å². The van der Waals surface area contributed by atoms with Crippen molar-refractivity contribution >= 4 is 0 Å². The number of phenolic OH excluding ortho intramolecular Hbond substituents is 1. The minimum Gasteiger partial charge on any atom is -0.505 e. The summed E-state index contributed by atoms with van der Waals surface area (Å²) in [7, 11) is 0. The second kappa shape index (κ2) is 8.45. The predicted octanol–water partition coefficient (Wildman–Crippen LogP) is 7.27. The highest BCUT2D eigenvalue weighted by Crippen LogP contribution is 2.43. The topological polar surface area (TPSA) is 32.8 Å². The van der Waals surface area contributed by atoms with Gasteiger partial charge < -0.3 is 9.84 Å². The maximum atomic E-state index is 15.0. The molecular formula is C26H21F5O2. The molecule has 0 bridgehead atoms. The van der Waals surface area contributed by atoms with Crippen molar-refractivity contribution in [2.75, 3.05) is 6.61 Å². The lowest BCUT2D eigenvalue weighted by Gasteiger charge is -2.29. The van der Waals surface area contributed by atoms with E-state index in [9.17, 15) is 27.1 Å². The Morgan fingerprint density at radius 2 is 1.24 bits per heavy atom. The van der Waals surface area contributed by atoms with E-state index in [1.165, 1.54) is 24.3 Å². The van der Waals surface area contributed by atoms with Crippen LogP contribution in [0.1, 0.15) is 60.3 Å². The van der Waals surface area contributed by atoms with Crippen molar-refractivity contribution in [3.63, 3.8) is 0 Å². The largest absolute Gasteiger partial charge is 0.505 e. The number of halogens is 5. The molecule has 1 aliphatic heterocycles. The fraction of sp³-hybridized carbons (Fsp3) is 0.308. The van der Waals surface area contributed by atoms with Crippen LogP contribution in [-0.4, -0.2) is 11.7 Å². The lowest BCUT2D eigenvalue weighted by atomic mass is 9.75. The van der Waals surface area contributed by atoms with E-state index in [1.807, 2.05) is 0 Å². The van der Waals surface area contributed by atoms with Gasteiger partial charge in [0.1, 0.15) is 11.9 Å². The minimum atomic E-state index is -1.25. The number of epoxide rings is 1. The summed E-state index contributed by atoms with van der Waals surface area (Å²) in [4.78, 5) is 0. The highest BCUT2D eigenvalue weighted by atomic mass is 19.2. The summed E-state index contributed by atoms with van der Waals surface area (Å²) in [6.45, 7) is 0.357. The molecule has 2 aliphatic rings. The van der Waals surface area contributed by atoms with E-state index in [0.717, 1.165) is 6.07 Å². The van der Waals surface area contributed by atoms with Crippen LogP contribution in [0.4, 0.5) is 22.0 Å². The summed E-state index contributed by atoms with van der Waals surface area (Å²) < 4.78 is 76.8. The van der Waals surface area contributed by atoms with E-state index in [-0.39, 0.29) is 34.1 Å². The Kier molecular flexibility index (Phi) is 5.60. The number of aromatic hydroxyl groups is 1. The number of hydrogen-bond acceptors (Lipinski definition) is 2. The van der Waals surface area contributed by atoms with E-state index in [1.54, 1.807) is 12.1 Å². The van der Waals surface area contributed by atoms with E-state index >= 15 is 0 Å². The monoisotopic (exact) mass is 460 g/mol. The first kappa shape index (κ1) is 21.9. The van der Waals surface area contributed by atoms with Crippen LogP contribution in [0.15, 0.2) is 42.5 Å². The van der Waals surface area contributed by atoms with Crippen molar-refractivity contribution in [3.05, 3.63) is 88.2 Å². The van der Waals surface area contributed by atoms with Gasteiger partial charge in [-0.15, -0.1) is 0 Å². The molecule has 1 atom stereocenters. The van der Waals surface area contributed by atoms with Gasteiger partial charge in [-0.25, -0.2) is 17.6 Å². The summed E-state index contributed by atoms with van der Waals surface area (Å²) in [5.41, 5.74) is 1.08. The average molecular weight is 460 g/mol. The van der Waals surface area contributed by atoms with Crippen LogP contribution < -0.4 is 0 Å². The standard InChI is InChI=1S/C26H21F5O2/c27-20-11-15(18-7-8-19(22-12-33-22)25(30)23(18)28)5-6-16(20)13-1-3-14(4-2-13)17-9-10-21(32)26(31)24(17)29/h5-11,13-14,22,32H,1-4,12H2. The molecule has 1 unspecified atom stereocenters. The normalized spacial score (nSPS) is 22.4. The van der Waals surface area contributed by atoms with Crippen molar-refractivity contribution in [3.8, 4) is 16.9 Å². The molecule has 1 heterocycles. The van der Waals surface area contributed by atoms with Gasteiger partial charge in [0.05, 0.1) is 6.61 Å². The number of benzene rings is 3. The van der Waals surface area contributed by atoms with Crippen molar-refractivity contribution in [2.45, 2.75) is 43.6 Å². The first-order chi connectivity index (χ1) is 15.8. The van der Waals surface area contributed by atoms with Crippen LogP contribution in [0.5, 0.6) is 5.75 Å². The maximum absolute atomic E-state index is 15.0. The number of phenols is 1. The van der Waals surface area contributed by atoms with Crippen molar-refractivity contribution in [2.24, 2.45) is 0 Å². The van der Waals surface area contributed by atoms with Crippen LogP contribution in [0.25, 0.3) is 11.1 Å². The maximum Gasteiger partial charge on any atom is 0.200 e. The zero-order valence-electron chi connectivity index (χ0n) is 17.6. The Morgan fingerprint density at radius 1 is 0.667 bits per heavy atom. The van der Waals surface area contributed by atoms with Gasteiger partial charge in [-0.3, -0.25) is 0 Å². The molecule has 1 aliphatic carbocycles. The molecule has 2 nitrogen and oxygen atoms in total. The summed E-state index contributed by atoms with van der Waals surface area (Å²) in [6, 6.07) is 9.80. The summed E-state index contributed by atoms with van der Waals surface area (Å²) >= 11 is 0. The zero-order chi connectivity index (χ0) is 23.3. The number of rotatable bonds is 4. The second-order valence-electron chi connectivity index (χ2n) is 8.74. The van der Waals surface area contributed by atoms with Gasteiger partial charge in [0.25, 0.3) is 0 Å². The third kappa shape index (κ3) is 3.99. The number of ether oxygens (including phenoxy) is 1. The van der Waals surface area contributed by atoms with Gasteiger partial charge in [0.15, 0.2) is 23.2 Å². The lowest BCUT2D eigenvalue weighted by molar-refractivity contribution is 0.365. The fourth-order valence-electron chi connectivity index (χ4n) is 4.87. The summed E-state index contributed by atoms with van der Waals surface area (Å²) in [6.07, 6.45) is 1.80. The Bertz CT molecular complexity index is 1210. The first-order valence-electron chi connectivity index (χ1n) is 10.9. The third-order valence-corrected chi connectivity index (χ3v) is 6.80. The lowest BCUT2D eigenvalue weighted by Crippen LogP contribution is -2.14. The van der Waals surface area contributed by atoms with Crippen molar-refractivity contribution in [1.29, 1.82) is 0 Å². The van der Waals surface area contributed by atoms with E-state index in [4.69, 9.17) is 4.74 Å². The predicted molar refractivity (Wildman–Crippen MR) is 112 cm³/mol. The van der Waals surface area contributed by atoms with E-state index in [0.29, 0.717) is 37.9 Å². The molecule has 0 amide bonds. The van der Waals surface area contributed by atoms with Gasteiger partial charge in [-0.1, -0.05) is 30.3 Å². The molecule has 1 saturated carbocycles. The molecule has 1 saturated heterocycles. The average Bonchev–Trinajstić information content (AvgIpc) is 3.65. The fourth-order valence-corrected chi connectivity index (χ4v) is 4.87. The molecule has 3 aromatic carbocycles. The highest BCUT2D eigenvalue weighted by molar-refractivity contribution is 5.65. The molecule has 0 spiro atoms. The SMILES string of the molecule is Oc1ccc(C2CCC(c3ccc(-c4ccc(C5CO5)c(F)c4F)cc3F)CC2)c(F)c1F. The van der Waals surface area contributed by atoms with Crippen LogP contribution in [0.2, 0.25) is 0 Å². The van der Waals surface area contributed by atoms with Crippen LogP contribution in [-0.2, 0) is 4.74 Å². The quantitative estimate of drug-likeness (QED) is 0.328. The molecule has 3 aromatic rings. The second-order valence-corrected chi connectivity index (χ2v) is 8.74. The Labute approximate surface area is 187 Å². The summed E-state index contributed by atoms with van der Waals surface area (Å²) in [5.74, 6) is -5.86. The Balaban J connectivity index is 1.33. The molecule has 172 valence electrons. The number of hydrogen-bond donors (Lipinski definition) is 1. The Hall–Kier alpha value is -2.93. The van der Waals surface area contributed by atoms with E-state index < -0.39 is 40.9 Å². The highest BCUT2D eigenvalue weighted by Gasteiger charge is 2.31. The third-order valence-electron chi connectivity index (χ3n) is 6.80. The van der Waals surface area contributed by atoms with Gasteiger partial charge in [-0.05, 0) is 66.3 Å². The van der Waals surface area contributed by atoms with Crippen molar-refractivity contribution in [1.82, 2.24) is 0 Å². The molecule has 1 N–H and O–H groups in total. The molecule has 33 heavy (non-hydrogen) atoms. The van der Waals surface area contributed by atoms with Crippen molar-refractivity contribution < 1.29 is 31.8 Å². The molecule has 2 fully saturated rings. The van der Waals surface area contributed by atoms with Gasteiger partial charge in [0, 0.05) is 11.1 Å². The molecule has 0 aromatic heterocycles. The molecule has 5 rings (SSSR count). The minimum absolute atomic E-state index is 0.0177. The smallest absolute Gasteiger partial charge is 0.200 e. The van der Waals surface area contributed by atoms with Gasteiger partial charge in [0.2, 0.25) is 5.82 Å². The molecule has 0 radical (unpaired) electrons. The van der Waals surface area contributed by atoms with Crippen LogP contribution >= 0.6 is 0 Å².